The number of amides is 2. The topological polar surface area (TPSA) is 113 Å². The highest BCUT2D eigenvalue weighted by Crippen LogP contribution is 2.33. The molecule has 8 heteroatoms. The summed E-state index contributed by atoms with van der Waals surface area (Å²) < 4.78 is 1.48. The fraction of sp³-hybridized carbons (Fsp3) is 0.462. The maximum atomic E-state index is 13.3. The Kier molecular flexibility index (Phi) is 7.71. The van der Waals surface area contributed by atoms with Gasteiger partial charge in [-0.1, -0.05) is 58.0 Å². The molecule has 0 saturated heterocycles. The van der Waals surface area contributed by atoms with Gasteiger partial charge in [-0.25, -0.2) is 0 Å². The highest BCUT2D eigenvalue weighted by molar-refractivity contribution is 5.96. The first-order valence-electron chi connectivity index (χ1n) is 11.7. The lowest BCUT2D eigenvalue weighted by molar-refractivity contribution is -0.125. The van der Waals surface area contributed by atoms with Gasteiger partial charge in [-0.2, -0.15) is 5.10 Å². The number of hydrogen-bond acceptors (Lipinski definition) is 5. The van der Waals surface area contributed by atoms with E-state index >= 15 is 0 Å². The highest BCUT2D eigenvalue weighted by Gasteiger charge is 2.37. The minimum atomic E-state index is -1.14. The number of carbonyl (C=O) groups excluding carboxylic acids is 2. The zero-order valence-electron chi connectivity index (χ0n) is 20.6. The molecule has 1 aromatic heterocycles. The number of aliphatic hydroxyl groups is 1. The number of nitrogens with one attached hydrogen (secondary N) is 2. The number of hydrogen-bond donors (Lipinski definition) is 3. The van der Waals surface area contributed by atoms with Crippen LogP contribution in [0.5, 0.6) is 0 Å². The zero-order valence-corrected chi connectivity index (χ0v) is 20.6. The van der Waals surface area contributed by atoms with Crippen molar-refractivity contribution < 1.29 is 14.7 Å². The van der Waals surface area contributed by atoms with Gasteiger partial charge in [-0.15, -0.1) is 0 Å². The molecule has 0 fully saturated rings. The van der Waals surface area contributed by atoms with Crippen LogP contribution in [0.4, 0.5) is 0 Å². The summed E-state index contributed by atoms with van der Waals surface area (Å²) in [6, 6.07) is 9.36. The molecule has 0 aliphatic heterocycles. The standard InChI is InChI=1S/C26H34N4O4/c1-14(2)12-18(27-26(34)19-13-16(5)29-30(19)6)25(33)28-22(15(3)4)24(32)21-20(23(21)31)17-10-8-7-9-11-17/h7-11,13-15,18,22,24,32H,12H2,1-6H3,(H,27,34)(H,28,33)/t18-,22-,24-/m0/s1. The average molecular weight is 467 g/mol. The van der Waals surface area contributed by atoms with Gasteiger partial charge in [-0.3, -0.25) is 19.1 Å². The normalized spacial score (nSPS) is 14.4. The molecule has 8 nitrogen and oxygen atoms in total. The molecule has 2 aromatic carbocycles. The van der Waals surface area contributed by atoms with E-state index in [0.717, 1.165) is 5.56 Å². The van der Waals surface area contributed by atoms with Crippen molar-refractivity contribution in [3.05, 3.63) is 63.6 Å². The van der Waals surface area contributed by atoms with E-state index < -0.39 is 30.0 Å². The van der Waals surface area contributed by atoms with Crippen LogP contribution in [-0.2, 0) is 11.8 Å². The first-order chi connectivity index (χ1) is 16.0. The van der Waals surface area contributed by atoms with Crippen molar-refractivity contribution >= 4 is 11.8 Å². The van der Waals surface area contributed by atoms with Gasteiger partial charge in [0.1, 0.15) is 17.8 Å². The number of nitrogens with zero attached hydrogens (tertiary/aromatic N) is 2. The molecule has 0 unspecified atom stereocenters. The molecule has 1 heterocycles. The zero-order chi connectivity index (χ0) is 25.2. The van der Waals surface area contributed by atoms with Crippen LogP contribution in [0.2, 0.25) is 0 Å². The van der Waals surface area contributed by atoms with Crippen LogP contribution < -0.4 is 16.1 Å². The Labute approximate surface area is 200 Å². The predicted octanol–water partition coefficient (Wildman–Crippen LogP) is 2.65. The summed E-state index contributed by atoms with van der Waals surface area (Å²) >= 11 is 0. The van der Waals surface area contributed by atoms with Crippen LogP contribution >= 0.6 is 0 Å². The van der Waals surface area contributed by atoms with Crippen molar-refractivity contribution in [3.8, 4) is 11.1 Å². The summed E-state index contributed by atoms with van der Waals surface area (Å²) in [5, 5.41) is 20.9. The van der Waals surface area contributed by atoms with Crippen LogP contribution in [-0.4, -0.2) is 38.8 Å². The maximum absolute atomic E-state index is 13.3. The van der Waals surface area contributed by atoms with E-state index in [0.29, 0.717) is 28.9 Å². The van der Waals surface area contributed by atoms with E-state index in [1.807, 2.05) is 58.0 Å². The predicted molar refractivity (Wildman–Crippen MR) is 131 cm³/mol. The number of rotatable bonds is 10. The maximum Gasteiger partial charge on any atom is 0.270 e. The van der Waals surface area contributed by atoms with Crippen molar-refractivity contribution in [2.45, 2.75) is 59.2 Å². The molecule has 0 saturated carbocycles. The summed E-state index contributed by atoms with van der Waals surface area (Å²) in [6.45, 7) is 9.47. The lowest BCUT2D eigenvalue weighted by atomic mass is 9.95. The third-order valence-electron chi connectivity index (χ3n) is 5.97. The molecule has 2 amide bonds. The number of aryl methyl sites for hydroxylation is 2. The molecule has 0 bridgehead atoms. The fourth-order valence-corrected chi connectivity index (χ4v) is 4.17. The van der Waals surface area contributed by atoms with Crippen LogP contribution in [0, 0.1) is 18.8 Å². The monoisotopic (exact) mass is 466 g/mol. The molecule has 0 aliphatic rings. The Hall–Kier alpha value is -3.26. The van der Waals surface area contributed by atoms with E-state index in [1.165, 1.54) is 4.68 Å². The summed E-state index contributed by atoms with van der Waals surface area (Å²) in [4.78, 5) is 38.6. The SMILES string of the molecule is Cc1cc(C(=O)N[C@@H](CC(C)C)C(=O)N[C@@H](C(C)C)[C@@H](O)c2c(-c3ccccc3)c2=O)n(C)n1. The second-order valence-electron chi connectivity index (χ2n) is 9.66. The van der Waals surface area contributed by atoms with Crippen molar-refractivity contribution in [2.75, 3.05) is 0 Å². The van der Waals surface area contributed by atoms with Crippen LogP contribution in [0.15, 0.2) is 41.2 Å². The smallest absolute Gasteiger partial charge is 0.270 e. The number of aromatic nitrogens is 2. The van der Waals surface area contributed by atoms with Gasteiger partial charge < -0.3 is 15.7 Å². The van der Waals surface area contributed by atoms with Crippen molar-refractivity contribution in [3.63, 3.8) is 0 Å². The summed E-state index contributed by atoms with van der Waals surface area (Å²) in [5.41, 5.74) is 2.48. The highest BCUT2D eigenvalue weighted by atomic mass is 16.3. The third-order valence-corrected chi connectivity index (χ3v) is 5.97. The van der Waals surface area contributed by atoms with Crippen LogP contribution in [0.1, 0.15) is 62.0 Å². The lowest BCUT2D eigenvalue weighted by Crippen LogP contribution is -2.53. The van der Waals surface area contributed by atoms with E-state index in [9.17, 15) is 19.5 Å². The molecular formula is C26H34N4O4. The molecule has 34 heavy (non-hydrogen) atoms. The van der Waals surface area contributed by atoms with E-state index in [1.54, 1.807) is 20.0 Å². The second-order valence-corrected chi connectivity index (χ2v) is 9.66. The molecule has 3 atom stereocenters. The summed E-state index contributed by atoms with van der Waals surface area (Å²) in [5.74, 6) is -0.790. The number of aliphatic hydroxyl groups excluding tert-OH is 1. The molecule has 0 radical (unpaired) electrons. The van der Waals surface area contributed by atoms with Gasteiger partial charge in [0.2, 0.25) is 5.91 Å². The number of benzene rings is 1. The molecule has 3 rings (SSSR count). The first-order valence-corrected chi connectivity index (χ1v) is 11.7. The number of carbonyl (C=O) groups is 2. The van der Waals surface area contributed by atoms with Gasteiger partial charge in [0.15, 0.2) is 5.43 Å². The first kappa shape index (κ1) is 25.4. The molecule has 3 aromatic rings. The van der Waals surface area contributed by atoms with Gasteiger partial charge >= 0.3 is 0 Å². The average Bonchev–Trinajstić information content (AvgIpc) is 3.32. The van der Waals surface area contributed by atoms with Crippen molar-refractivity contribution in [1.82, 2.24) is 20.4 Å². The quantitative estimate of drug-likeness (QED) is 0.425. The molecule has 0 spiro atoms. The van der Waals surface area contributed by atoms with Crippen LogP contribution in [0.3, 0.4) is 0 Å². The molecule has 0 aliphatic carbocycles. The van der Waals surface area contributed by atoms with E-state index in [4.69, 9.17) is 0 Å². The Morgan fingerprint density at radius 3 is 2.26 bits per heavy atom. The molecule has 3 N–H and O–H groups in total. The second kappa shape index (κ2) is 10.3. The van der Waals surface area contributed by atoms with Gasteiger partial charge in [0, 0.05) is 18.2 Å². The largest absolute Gasteiger partial charge is 0.386 e. The van der Waals surface area contributed by atoms with E-state index in [2.05, 4.69) is 15.7 Å². The Morgan fingerprint density at radius 1 is 1.09 bits per heavy atom. The van der Waals surface area contributed by atoms with Crippen LogP contribution in [0.25, 0.3) is 11.1 Å². The minimum absolute atomic E-state index is 0.143. The van der Waals surface area contributed by atoms with Gasteiger partial charge in [-0.05, 0) is 36.8 Å². The Morgan fingerprint density at radius 2 is 1.74 bits per heavy atom. The lowest BCUT2D eigenvalue weighted by Gasteiger charge is -2.29. The Balaban J connectivity index is 1.77. The van der Waals surface area contributed by atoms with Crippen molar-refractivity contribution in [1.29, 1.82) is 0 Å². The fourth-order valence-electron chi connectivity index (χ4n) is 4.17. The Bertz CT molecular complexity index is 1160. The van der Waals surface area contributed by atoms with Gasteiger partial charge in [0.25, 0.3) is 5.91 Å². The molecule has 182 valence electrons. The van der Waals surface area contributed by atoms with Gasteiger partial charge in [0.05, 0.1) is 11.7 Å². The third kappa shape index (κ3) is 5.62. The summed E-state index contributed by atoms with van der Waals surface area (Å²) in [6.07, 6.45) is -0.714. The summed E-state index contributed by atoms with van der Waals surface area (Å²) in [7, 11) is 1.68. The van der Waals surface area contributed by atoms with E-state index in [-0.39, 0.29) is 17.3 Å². The minimum Gasteiger partial charge on any atom is -0.386 e. The molecular weight excluding hydrogens is 432 g/mol. The van der Waals surface area contributed by atoms with Crippen molar-refractivity contribution in [2.24, 2.45) is 18.9 Å².